The van der Waals surface area contributed by atoms with Crippen molar-refractivity contribution in [2.24, 2.45) is 0 Å². The summed E-state index contributed by atoms with van der Waals surface area (Å²) in [5.74, 6) is -4.15. The molecular weight excluding hydrogens is 472 g/mol. The Bertz CT molecular complexity index is 1340. The molecule has 1 unspecified atom stereocenters. The molecule has 1 aromatic heterocycles. The molecule has 2 aromatic carbocycles. The molecule has 4 rings (SSSR count). The second kappa shape index (κ2) is 9.21. The van der Waals surface area contributed by atoms with E-state index in [0.717, 1.165) is 16.8 Å². The number of aliphatic carboxylic acids is 1. The highest BCUT2D eigenvalue weighted by Crippen LogP contribution is 2.34. The van der Waals surface area contributed by atoms with Crippen LogP contribution in [0.5, 0.6) is 5.75 Å². The third-order valence-electron chi connectivity index (χ3n) is 5.04. The van der Waals surface area contributed by atoms with Gasteiger partial charge in [0.15, 0.2) is 27.2 Å². The maximum absolute atomic E-state index is 14.2. The van der Waals surface area contributed by atoms with Crippen molar-refractivity contribution in [3.63, 3.8) is 0 Å². The molecule has 1 atom stereocenters. The van der Waals surface area contributed by atoms with E-state index in [9.17, 15) is 26.8 Å². The van der Waals surface area contributed by atoms with Gasteiger partial charge in [-0.25, -0.2) is 17.2 Å². The molecule has 1 heterocycles. The van der Waals surface area contributed by atoms with Crippen LogP contribution in [0, 0.1) is 11.6 Å². The number of ether oxygens (including phenoxy) is 1. The maximum Gasteiger partial charge on any atom is 0.325 e. The number of amides is 1. The lowest BCUT2D eigenvalue weighted by molar-refractivity contribution is -0.137. The van der Waals surface area contributed by atoms with E-state index in [1.54, 1.807) is 0 Å². The Morgan fingerprint density at radius 3 is 2.47 bits per heavy atom. The summed E-state index contributed by atoms with van der Waals surface area (Å²) in [7, 11) is -3.46. The fourth-order valence-corrected chi connectivity index (χ4v) is 4.88. The van der Waals surface area contributed by atoms with Crippen LogP contribution in [0.4, 0.5) is 14.6 Å². The minimum atomic E-state index is -3.46. The summed E-state index contributed by atoms with van der Waals surface area (Å²) in [5.41, 5.74) is 0.209. The zero-order valence-corrected chi connectivity index (χ0v) is 18.3. The van der Waals surface area contributed by atoms with Crippen LogP contribution in [-0.2, 0) is 26.0 Å². The van der Waals surface area contributed by atoms with E-state index in [4.69, 9.17) is 9.84 Å². The van der Waals surface area contributed by atoms with Crippen molar-refractivity contribution in [1.29, 1.82) is 0 Å². The largest absolute Gasteiger partial charge is 0.480 e. The van der Waals surface area contributed by atoms with Crippen molar-refractivity contribution < 1.29 is 36.6 Å². The number of carboxylic acid groups (broad SMARTS) is 1. The predicted octanol–water partition coefficient (Wildman–Crippen LogP) is 2.94. The third-order valence-corrected chi connectivity index (χ3v) is 7.32. The van der Waals surface area contributed by atoms with E-state index in [2.05, 4.69) is 10.4 Å². The van der Waals surface area contributed by atoms with Gasteiger partial charge in [-0.3, -0.25) is 14.3 Å². The molecule has 0 radical (unpaired) electrons. The van der Waals surface area contributed by atoms with Gasteiger partial charge in [-0.2, -0.15) is 5.10 Å². The molecule has 0 saturated heterocycles. The van der Waals surface area contributed by atoms with Crippen LogP contribution in [0.2, 0.25) is 0 Å². The zero-order valence-electron chi connectivity index (χ0n) is 17.5. The highest BCUT2D eigenvalue weighted by molar-refractivity contribution is 7.92. The molecule has 1 amide bonds. The van der Waals surface area contributed by atoms with Gasteiger partial charge in [0.05, 0.1) is 10.1 Å². The first-order chi connectivity index (χ1) is 16.1. The van der Waals surface area contributed by atoms with Gasteiger partial charge in [0, 0.05) is 23.9 Å². The minimum absolute atomic E-state index is 0.0207. The molecule has 3 aromatic rings. The van der Waals surface area contributed by atoms with E-state index < -0.39 is 57.0 Å². The average molecular weight is 491 g/mol. The standard InChI is InChI=1S/C22H19F2N3O6S/c23-14-3-8-18(17(24)11-14)33-21(22(30)25-19-9-10-27(26-19)12-20(28)29)13-1-4-15(5-2-13)34(31,32)16-6-7-16/h1-5,8-11,16,21H,6-7,12H2,(H,28,29)(H,25,26,30). The number of carbonyl (C=O) groups is 2. The molecule has 2 N–H and O–H groups in total. The van der Waals surface area contributed by atoms with Crippen LogP contribution in [0.3, 0.4) is 0 Å². The molecule has 9 nitrogen and oxygen atoms in total. The minimum Gasteiger partial charge on any atom is -0.480 e. The Labute approximate surface area is 192 Å². The smallest absolute Gasteiger partial charge is 0.325 e. The monoisotopic (exact) mass is 491 g/mol. The fourth-order valence-electron chi connectivity index (χ4n) is 3.22. The summed E-state index contributed by atoms with van der Waals surface area (Å²) >= 11 is 0. The highest BCUT2D eigenvalue weighted by Gasteiger charge is 2.37. The molecule has 178 valence electrons. The Hall–Kier alpha value is -3.80. The van der Waals surface area contributed by atoms with Gasteiger partial charge in [0.1, 0.15) is 12.4 Å². The van der Waals surface area contributed by atoms with Gasteiger partial charge in [0.25, 0.3) is 5.91 Å². The third kappa shape index (κ3) is 5.22. The number of carboxylic acids is 1. The number of benzene rings is 2. The molecular formula is C22H19F2N3O6S. The summed E-state index contributed by atoms with van der Waals surface area (Å²) < 4.78 is 59.0. The van der Waals surface area contributed by atoms with Crippen molar-refractivity contribution in [2.45, 2.75) is 35.6 Å². The van der Waals surface area contributed by atoms with Crippen LogP contribution < -0.4 is 10.1 Å². The van der Waals surface area contributed by atoms with Crippen molar-refractivity contribution in [3.8, 4) is 5.75 Å². The van der Waals surface area contributed by atoms with Crippen LogP contribution in [0.25, 0.3) is 0 Å². The zero-order chi connectivity index (χ0) is 24.5. The van der Waals surface area contributed by atoms with Crippen LogP contribution in [0.15, 0.2) is 59.6 Å². The van der Waals surface area contributed by atoms with Crippen molar-refractivity contribution in [3.05, 3.63) is 71.9 Å². The molecule has 1 fully saturated rings. The molecule has 1 aliphatic carbocycles. The van der Waals surface area contributed by atoms with Crippen LogP contribution in [-0.4, -0.2) is 40.4 Å². The molecule has 0 spiro atoms. The topological polar surface area (TPSA) is 128 Å². The number of aromatic nitrogens is 2. The number of rotatable bonds is 9. The molecule has 0 bridgehead atoms. The lowest BCUT2D eigenvalue weighted by Gasteiger charge is -2.19. The van der Waals surface area contributed by atoms with Crippen molar-refractivity contribution in [1.82, 2.24) is 9.78 Å². The number of nitrogens with zero attached hydrogens (tertiary/aromatic N) is 2. The Kier molecular flexibility index (Phi) is 6.33. The van der Waals surface area contributed by atoms with Gasteiger partial charge in [-0.1, -0.05) is 12.1 Å². The Morgan fingerprint density at radius 1 is 1.15 bits per heavy atom. The first-order valence-corrected chi connectivity index (χ1v) is 11.7. The predicted molar refractivity (Wildman–Crippen MR) is 115 cm³/mol. The number of hydrogen-bond acceptors (Lipinski definition) is 6. The van der Waals surface area contributed by atoms with E-state index in [1.807, 2.05) is 0 Å². The van der Waals surface area contributed by atoms with Gasteiger partial charge in [0.2, 0.25) is 6.10 Å². The Balaban J connectivity index is 1.61. The molecule has 1 aliphatic rings. The number of nitrogens with one attached hydrogen (secondary N) is 1. The normalized spacial score (nSPS) is 14.4. The quantitative estimate of drug-likeness (QED) is 0.471. The lowest BCUT2D eigenvalue weighted by atomic mass is 10.1. The maximum atomic E-state index is 14.2. The second-order valence-corrected chi connectivity index (χ2v) is 9.90. The molecule has 34 heavy (non-hydrogen) atoms. The highest BCUT2D eigenvalue weighted by atomic mass is 32.2. The lowest BCUT2D eigenvalue weighted by Crippen LogP contribution is -2.26. The number of halogens is 2. The van der Waals surface area contributed by atoms with Crippen molar-refractivity contribution in [2.75, 3.05) is 5.32 Å². The summed E-state index contributed by atoms with van der Waals surface area (Å²) in [6, 6.07) is 9.40. The molecule has 0 aliphatic heterocycles. The first kappa shape index (κ1) is 23.4. The van der Waals surface area contributed by atoms with Crippen LogP contribution in [0.1, 0.15) is 24.5 Å². The average Bonchev–Trinajstić information content (AvgIpc) is 3.55. The number of sulfone groups is 1. The Morgan fingerprint density at radius 2 is 1.85 bits per heavy atom. The number of anilines is 1. The number of carbonyl (C=O) groups excluding carboxylic acids is 1. The van der Waals surface area contributed by atoms with Gasteiger partial charge >= 0.3 is 5.97 Å². The molecule has 1 saturated carbocycles. The summed E-state index contributed by atoms with van der Waals surface area (Å²) in [4.78, 5) is 23.9. The van der Waals surface area contributed by atoms with E-state index >= 15 is 0 Å². The number of hydrogen-bond donors (Lipinski definition) is 2. The van der Waals surface area contributed by atoms with Gasteiger partial charge in [-0.15, -0.1) is 0 Å². The van der Waals surface area contributed by atoms with E-state index in [-0.39, 0.29) is 16.3 Å². The van der Waals surface area contributed by atoms with Gasteiger partial charge in [-0.05, 0) is 37.1 Å². The second-order valence-electron chi connectivity index (χ2n) is 7.67. The van der Waals surface area contributed by atoms with Crippen molar-refractivity contribution >= 4 is 27.5 Å². The first-order valence-electron chi connectivity index (χ1n) is 10.1. The summed E-state index contributed by atoms with van der Waals surface area (Å²) in [5, 5.41) is 14.8. The summed E-state index contributed by atoms with van der Waals surface area (Å²) in [6.07, 6.45) is 1.08. The van der Waals surface area contributed by atoms with Gasteiger partial charge < -0.3 is 15.2 Å². The van der Waals surface area contributed by atoms with E-state index in [0.29, 0.717) is 18.9 Å². The summed E-state index contributed by atoms with van der Waals surface area (Å²) in [6.45, 7) is -0.423. The van der Waals surface area contributed by atoms with Crippen LogP contribution >= 0.6 is 0 Å². The SMILES string of the molecule is O=C(O)Cn1ccc(NC(=O)C(Oc2ccc(F)cc2F)c2ccc(S(=O)(=O)C3CC3)cc2)n1. The fraction of sp³-hybridized carbons (Fsp3) is 0.227. The molecule has 12 heteroatoms. The van der Waals surface area contributed by atoms with E-state index in [1.165, 1.54) is 36.5 Å².